The van der Waals surface area contributed by atoms with Gasteiger partial charge in [-0.25, -0.2) is 0 Å². The molecule has 1 fully saturated rings. The van der Waals surface area contributed by atoms with Gasteiger partial charge >= 0.3 is 0 Å². The number of nitrogens with two attached hydrogens (primary N) is 1. The Morgan fingerprint density at radius 3 is 2.58 bits per heavy atom. The van der Waals surface area contributed by atoms with Crippen LogP contribution in [0.2, 0.25) is 0 Å². The fourth-order valence-electron chi connectivity index (χ4n) is 3.24. The van der Waals surface area contributed by atoms with Gasteiger partial charge in [-0.05, 0) is 24.8 Å². The summed E-state index contributed by atoms with van der Waals surface area (Å²) in [6.07, 6.45) is 3.84. The molecule has 3 heteroatoms. The summed E-state index contributed by atoms with van der Waals surface area (Å²) in [5.41, 5.74) is 10.9. The maximum atomic E-state index is 6.08. The molecule has 3 nitrogen and oxygen atoms in total. The maximum Gasteiger partial charge on any atom is 0.153 e. The molecule has 19 heavy (non-hydrogen) atoms. The molecule has 1 aliphatic carbocycles. The van der Waals surface area contributed by atoms with Gasteiger partial charge in [-0.15, -0.1) is 0 Å². The molecule has 2 atom stereocenters. The van der Waals surface area contributed by atoms with Crippen molar-refractivity contribution in [3.63, 3.8) is 0 Å². The second-order valence-corrected chi connectivity index (χ2v) is 5.78. The van der Waals surface area contributed by atoms with Gasteiger partial charge in [0, 0.05) is 17.2 Å². The van der Waals surface area contributed by atoms with Crippen molar-refractivity contribution in [2.24, 2.45) is 5.92 Å². The van der Waals surface area contributed by atoms with E-state index >= 15 is 0 Å². The van der Waals surface area contributed by atoms with Crippen LogP contribution in [0.15, 0.2) is 24.3 Å². The Labute approximate surface area is 114 Å². The average Bonchev–Trinajstić information content (AvgIpc) is 2.97. The van der Waals surface area contributed by atoms with E-state index in [0.29, 0.717) is 17.7 Å². The summed E-state index contributed by atoms with van der Waals surface area (Å²) < 4.78 is 0. The first-order valence-corrected chi connectivity index (χ1v) is 7.07. The van der Waals surface area contributed by atoms with E-state index in [1.165, 1.54) is 36.1 Å². The van der Waals surface area contributed by atoms with E-state index in [9.17, 15) is 0 Å². The largest absolute Gasteiger partial charge is 0.382 e. The number of nitrogens with one attached hydrogen (secondary N) is 1. The highest BCUT2D eigenvalue weighted by Gasteiger charge is 2.29. The van der Waals surface area contributed by atoms with Crippen molar-refractivity contribution in [3.8, 4) is 11.1 Å². The smallest absolute Gasteiger partial charge is 0.153 e. The third-order valence-electron chi connectivity index (χ3n) is 4.39. The minimum absolute atomic E-state index is 0.570. The van der Waals surface area contributed by atoms with Crippen LogP contribution in [-0.4, -0.2) is 10.2 Å². The lowest BCUT2D eigenvalue weighted by Gasteiger charge is -2.15. The number of aromatic amines is 1. The van der Waals surface area contributed by atoms with Gasteiger partial charge in [-0.1, -0.05) is 49.6 Å². The SMILES string of the molecule is Cc1ccc(-c2c(N)n[nH]c2C2CCCC2C)cc1. The van der Waals surface area contributed by atoms with Crippen molar-refractivity contribution in [1.29, 1.82) is 0 Å². The molecule has 1 aromatic heterocycles. The summed E-state index contributed by atoms with van der Waals surface area (Å²) in [6, 6.07) is 8.53. The molecular formula is C16H21N3. The Hall–Kier alpha value is -1.77. The van der Waals surface area contributed by atoms with Crippen LogP contribution in [-0.2, 0) is 0 Å². The lowest BCUT2D eigenvalue weighted by atomic mass is 9.90. The number of rotatable bonds is 2. The van der Waals surface area contributed by atoms with E-state index in [0.717, 1.165) is 5.56 Å². The number of nitrogens with zero attached hydrogens (tertiary/aromatic N) is 1. The van der Waals surface area contributed by atoms with E-state index in [1.807, 2.05) is 0 Å². The van der Waals surface area contributed by atoms with Gasteiger partial charge in [0.15, 0.2) is 5.82 Å². The predicted molar refractivity (Wildman–Crippen MR) is 78.9 cm³/mol. The van der Waals surface area contributed by atoms with E-state index in [-0.39, 0.29) is 0 Å². The molecule has 1 aliphatic rings. The monoisotopic (exact) mass is 255 g/mol. The van der Waals surface area contributed by atoms with Crippen molar-refractivity contribution in [2.45, 2.75) is 39.0 Å². The molecule has 2 aromatic rings. The average molecular weight is 255 g/mol. The number of H-pyrrole nitrogens is 1. The first-order chi connectivity index (χ1) is 9.16. The summed E-state index contributed by atoms with van der Waals surface area (Å²) in [4.78, 5) is 0. The summed E-state index contributed by atoms with van der Waals surface area (Å²) in [6.45, 7) is 4.43. The van der Waals surface area contributed by atoms with Crippen LogP contribution in [0.4, 0.5) is 5.82 Å². The van der Waals surface area contributed by atoms with Crippen LogP contribution >= 0.6 is 0 Å². The molecular weight excluding hydrogens is 234 g/mol. The molecule has 1 aromatic carbocycles. The van der Waals surface area contributed by atoms with E-state index in [1.54, 1.807) is 0 Å². The highest BCUT2D eigenvalue weighted by molar-refractivity contribution is 5.76. The minimum Gasteiger partial charge on any atom is -0.382 e. The number of nitrogen functional groups attached to an aromatic ring is 1. The standard InChI is InChI=1S/C16H21N3/c1-10-6-8-12(9-7-10)14-15(18-19-16(14)17)13-5-3-4-11(13)2/h6-9,11,13H,3-5H2,1-2H3,(H3,17,18,19). The summed E-state index contributed by atoms with van der Waals surface area (Å²) in [5.74, 6) is 1.91. The van der Waals surface area contributed by atoms with Gasteiger partial charge in [0.1, 0.15) is 0 Å². The van der Waals surface area contributed by atoms with Crippen molar-refractivity contribution >= 4 is 5.82 Å². The zero-order chi connectivity index (χ0) is 13.4. The Balaban J connectivity index is 2.05. The first kappa shape index (κ1) is 12.3. The minimum atomic E-state index is 0.570. The quantitative estimate of drug-likeness (QED) is 0.855. The Kier molecular flexibility index (Phi) is 3.05. The molecule has 3 rings (SSSR count). The van der Waals surface area contributed by atoms with Gasteiger partial charge in [-0.2, -0.15) is 5.10 Å². The predicted octanol–water partition coefficient (Wildman–Crippen LogP) is 3.87. The van der Waals surface area contributed by atoms with Gasteiger partial charge in [-0.3, -0.25) is 5.10 Å². The number of hydrogen-bond donors (Lipinski definition) is 2. The third-order valence-corrected chi connectivity index (χ3v) is 4.39. The highest BCUT2D eigenvalue weighted by atomic mass is 15.2. The number of anilines is 1. The Morgan fingerprint density at radius 2 is 1.95 bits per heavy atom. The molecule has 1 saturated carbocycles. The van der Waals surface area contributed by atoms with Crippen LogP contribution in [0.1, 0.15) is 43.4 Å². The number of hydrogen-bond acceptors (Lipinski definition) is 2. The molecule has 0 radical (unpaired) electrons. The van der Waals surface area contributed by atoms with Crippen molar-refractivity contribution in [2.75, 3.05) is 5.73 Å². The summed E-state index contributed by atoms with van der Waals surface area (Å²) >= 11 is 0. The van der Waals surface area contributed by atoms with Crippen LogP contribution in [0, 0.1) is 12.8 Å². The molecule has 100 valence electrons. The van der Waals surface area contributed by atoms with E-state index < -0.39 is 0 Å². The molecule has 0 amide bonds. The van der Waals surface area contributed by atoms with Gasteiger partial charge in [0.25, 0.3) is 0 Å². The molecule has 2 unspecified atom stereocenters. The Bertz CT molecular complexity index is 568. The normalized spacial score (nSPS) is 22.8. The first-order valence-electron chi connectivity index (χ1n) is 7.07. The zero-order valence-electron chi connectivity index (χ0n) is 11.6. The maximum absolute atomic E-state index is 6.08. The molecule has 0 saturated heterocycles. The van der Waals surface area contributed by atoms with Crippen LogP contribution in [0.5, 0.6) is 0 Å². The molecule has 0 aliphatic heterocycles. The second-order valence-electron chi connectivity index (χ2n) is 5.78. The van der Waals surface area contributed by atoms with E-state index in [2.05, 4.69) is 48.3 Å². The number of aryl methyl sites for hydroxylation is 1. The topological polar surface area (TPSA) is 54.7 Å². The van der Waals surface area contributed by atoms with Crippen LogP contribution in [0.25, 0.3) is 11.1 Å². The lowest BCUT2D eigenvalue weighted by Crippen LogP contribution is -2.04. The second kappa shape index (κ2) is 4.72. The van der Waals surface area contributed by atoms with Crippen molar-refractivity contribution in [3.05, 3.63) is 35.5 Å². The van der Waals surface area contributed by atoms with Crippen LogP contribution in [0.3, 0.4) is 0 Å². The van der Waals surface area contributed by atoms with Gasteiger partial charge in [0.05, 0.1) is 0 Å². The van der Waals surface area contributed by atoms with E-state index in [4.69, 9.17) is 5.73 Å². The van der Waals surface area contributed by atoms with Gasteiger partial charge in [0.2, 0.25) is 0 Å². The van der Waals surface area contributed by atoms with Gasteiger partial charge < -0.3 is 5.73 Å². The molecule has 0 bridgehead atoms. The lowest BCUT2D eigenvalue weighted by molar-refractivity contribution is 0.522. The highest BCUT2D eigenvalue weighted by Crippen LogP contribution is 2.43. The fraction of sp³-hybridized carbons (Fsp3) is 0.438. The zero-order valence-corrected chi connectivity index (χ0v) is 11.6. The molecule has 0 spiro atoms. The molecule has 1 heterocycles. The number of aromatic nitrogens is 2. The Morgan fingerprint density at radius 1 is 1.21 bits per heavy atom. The summed E-state index contributed by atoms with van der Waals surface area (Å²) in [5, 5.41) is 7.43. The number of benzene rings is 1. The molecule has 3 N–H and O–H groups in total. The van der Waals surface area contributed by atoms with Crippen LogP contribution < -0.4 is 5.73 Å². The summed E-state index contributed by atoms with van der Waals surface area (Å²) in [7, 11) is 0. The van der Waals surface area contributed by atoms with Crippen molar-refractivity contribution < 1.29 is 0 Å². The fourth-order valence-corrected chi connectivity index (χ4v) is 3.24. The van der Waals surface area contributed by atoms with Crippen molar-refractivity contribution in [1.82, 2.24) is 10.2 Å². The third kappa shape index (κ3) is 2.14.